The van der Waals surface area contributed by atoms with Crippen molar-refractivity contribution in [2.24, 2.45) is 0 Å². The van der Waals surface area contributed by atoms with Crippen molar-refractivity contribution in [3.63, 3.8) is 0 Å². The SMILES string of the molecule is CC.Cc1cccc(CCCCCC(C)(C)O)c1. The van der Waals surface area contributed by atoms with Gasteiger partial charge in [-0.25, -0.2) is 0 Å². The number of hydrogen-bond acceptors (Lipinski definition) is 1. The van der Waals surface area contributed by atoms with Gasteiger partial charge in [-0.05, 0) is 45.6 Å². The summed E-state index contributed by atoms with van der Waals surface area (Å²) in [4.78, 5) is 0. The standard InChI is InChI=1S/C15H24O.C2H6/c1-13-8-7-10-14(12-13)9-5-4-6-11-15(2,3)16;1-2/h7-8,10,12,16H,4-6,9,11H2,1-3H3;1-2H3. The number of hydrogen-bond donors (Lipinski definition) is 1. The van der Waals surface area contributed by atoms with Crippen LogP contribution in [0, 0.1) is 6.92 Å². The van der Waals surface area contributed by atoms with Crippen LogP contribution in [0.5, 0.6) is 0 Å². The zero-order chi connectivity index (χ0) is 14.0. The van der Waals surface area contributed by atoms with E-state index in [4.69, 9.17) is 0 Å². The van der Waals surface area contributed by atoms with Gasteiger partial charge in [-0.1, -0.05) is 56.5 Å². The molecule has 0 heterocycles. The number of aliphatic hydroxyl groups is 1. The van der Waals surface area contributed by atoms with Crippen LogP contribution in [-0.4, -0.2) is 10.7 Å². The summed E-state index contributed by atoms with van der Waals surface area (Å²) >= 11 is 0. The third-order valence-electron chi connectivity index (χ3n) is 2.84. The molecular weight excluding hydrogens is 220 g/mol. The molecule has 0 aliphatic rings. The highest BCUT2D eigenvalue weighted by Gasteiger charge is 2.10. The van der Waals surface area contributed by atoms with Gasteiger partial charge in [-0.15, -0.1) is 0 Å². The van der Waals surface area contributed by atoms with Gasteiger partial charge in [0, 0.05) is 0 Å². The molecule has 0 aliphatic carbocycles. The minimum absolute atomic E-state index is 0.497. The first-order valence-corrected chi connectivity index (χ1v) is 7.25. The summed E-state index contributed by atoms with van der Waals surface area (Å²) in [5, 5.41) is 9.57. The third kappa shape index (κ3) is 9.23. The smallest absolute Gasteiger partial charge is 0.0591 e. The molecule has 1 rings (SSSR count). The van der Waals surface area contributed by atoms with Gasteiger partial charge >= 0.3 is 0 Å². The molecular formula is C17H30O. The Bertz CT molecular complexity index is 310. The van der Waals surface area contributed by atoms with E-state index in [0.717, 1.165) is 19.3 Å². The van der Waals surface area contributed by atoms with Crippen LogP contribution in [0.25, 0.3) is 0 Å². The summed E-state index contributed by atoms with van der Waals surface area (Å²) < 4.78 is 0. The first-order valence-electron chi connectivity index (χ1n) is 7.25. The van der Waals surface area contributed by atoms with Gasteiger partial charge in [0.1, 0.15) is 0 Å². The first-order chi connectivity index (χ1) is 8.47. The molecule has 1 aromatic rings. The van der Waals surface area contributed by atoms with Crippen LogP contribution in [0.15, 0.2) is 24.3 Å². The topological polar surface area (TPSA) is 20.2 Å². The van der Waals surface area contributed by atoms with E-state index in [1.165, 1.54) is 24.0 Å². The van der Waals surface area contributed by atoms with Crippen molar-refractivity contribution in [2.45, 2.75) is 72.3 Å². The van der Waals surface area contributed by atoms with Gasteiger partial charge < -0.3 is 5.11 Å². The fraction of sp³-hybridized carbons (Fsp3) is 0.647. The maximum Gasteiger partial charge on any atom is 0.0591 e. The highest BCUT2D eigenvalue weighted by atomic mass is 16.3. The summed E-state index contributed by atoms with van der Waals surface area (Å²) in [6.07, 6.45) is 5.61. The molecule has 0 radical (unpaired) electrons. The van der Waals surface area contributed by atoms with E-state index >= 15 is 0 Å². The van der Waals surface area contributed by atoms with E-state index < -0.39 is 5.60 Å². The van der Waals surface area contributed by atoms with Crippen molar-refractivity contribution in [3.05, 3.63) is 35.4 Å². The van der Waals surface area contributed by atoms with E-state index in [0.29, 0.717) is 0 Å². The maximum atomic E-state index is 9.57. The molecule has 1 nitrogen and oxygen atoms in total. The fourth-order valence-corrected chi connectivity index (χ4v) is 1.93. The van der Waals surface area contributed by atoms with E-state index in [9.17, 15) is 5.11 Å². The van der Waals surface area contributed by atoms with Gasteiger partial charge in [0.25, 0.3) is 0 Å². The highest BCUT2D eigenvalue weighted by Crippen LogP contribution is 2.15. The van der Waals surface area contributed by atoms with E-state index in [1.54, 1.807) is 0 Å². The molecule has 1 heteroatoms. The lowest BCUT2D eigenvalue weighted by molar-refractivity contribution is 0.0681. The van der Waals surface area contributed by atoms with Crippen LogP contribution in [0.3, 0.4) is 0 Å². The predicted octanol–water partition coefficient (Wildman–Crippen LogP) is 4.90. The number of rotatable bonds is 6. The molecule has 0 spiro atoms. The number of aryl methyl sites for hydroxylation is 2. The largest absolute Gasteiger partial charge is 0.390 e. The zero-order valence-electron chi connectivity index (χ0n) is 12.8. The average Bonchev–Trinajstić information content (AvgIpc) is 2.30. The van der Waals surface area contributed by atoms with Crippen LogP contribution >= 0.6 is 0 Å². The molecule has 0 saturated heterocycles. The summed E-state index contributed by atoms with van der Waals surface area (Å²) in [7, 11) is 0. The van der Waals surface area contributed by atoms with Crippen molar-refractivity contribution in [3.8, 4) is 0 Å². The Labute approximate surface area is 113 Å². The van der Waals surface area contributed by atoms with Gasteiger partial charge in [0.05, 0.1) is 5.60 Å². The first kappa shape index (κ1) is 17.2. The third-order valence-corrected chi connectivity index (χ3v) is 2.84. The van der Waals surface area contributed by atoms with Crippen molar-refractivity contribution in [2.75, 3.05) is 0 Å². The van der Waals surface area contributed by atoms with Crippen LogP contribution < -0.4 is 0 Å². The Morgan fingerprint density at radius 3 is 2.28 bits per heavy atom. The van der Waals surface area contributed by atoms with Crippen molar-refractivity contribution in [1.29, 1.82) is 0 Å². The second-order valence-corrected chi connectivity index (χ2v) is 5.36. The van der Waals surface area contributed by atoms with E-state index in [-0.39, 0.29) is 0 Å². The van der Waals surface area contributed by atoms with Gasteiger partial charge in [0.15, 0.2) is 0 Å². The van der Waals surface area contributed by atoms with Crippen LogP contribution in [0.1, 0.15) is 64.5 Å². The lowest BCUT2D eigenvalue weighted by Crippen LogP contribution is -2.17. The Kier molecular flexibility index (Phi) is 8.74. The monoisotopic (exact) mass is 250 g/mol. The lowest BCUT2D eigenvalue weighted by atomic mass is 9.99. The molecule has 0 bridgehead atoms. The second-order valence-electron chi connectivity index (χ2n) is 5.36. The van der Waals surface area contributed by atoms with Gasteiger partial charge in [-0.3, -0.25) is 0 Å². The lowest BCUT2D eigenvalue weighted by Gasteiger charge is -2.16. The van der Waals surface area contributed by atoms with Crippen LogP contribution in [0.2, 0.25) is 0 Å². The van der Waals surface area contributed by atoms with E-state index in [2.05, 4.69) is 31.2 Å². The highest BCUT2D eigenvalue weighted by molar-refractivity contribution is 5.22. The summed E-state index contributed by atoms with van der Waals surface area (Å²) in [6.45, 7) is 9.90. The van der Waals surface area contributed by atoms with E-state index in [1.807, 2.05) is 27.7 Å². The molecule has 1 N–H and O–H groups in total. The van der Waals surface area contributed by atoms with Crippen molar-refractivity contribution in [1.82, 2.24) is 0 Å². The average molecular weight is 250 g/mol. The fourth-order valence-electron chi connectivity index (χ4n) is 1.93. The Morgan fingerprint density at radius 1 is 1.06 bits per heavy atom. The molecule has 0 aromatic heterocycles. The minimum atomic E-state index is -0.497. The molecule has 0 amide bonds. The Hall–Kier alpha value is -0.820. The maximum absolute atomic E-state index is 9.57. The molecule has 0 atom stereocenters. The number of benzene rings is 1. The molecule has 18 heavy (non-hydrogen) atoms. The van der Waals surface area contributed by atoms with Crippen LogP contribution in [0.4, 0.5) is 0 Å². The van der Waals surface area contributed by atoms with Crippen molar-refractivity contribution < 1.29 is 5.11 Å². The summed E-state index contributed by atoms with van der Waals surface area (Å²) in [5.74, 6) is 0. The Morgan fingerprint density at radius 2 is 1.72 bits per heavy atom. The van der Waals surface area contributed by atoms with Gasteiger partial charge in [0.2, 0.25) is 0 Å². The predicted molar refractivity (Wildman–Crippen MR) is 81.0 cm³/mol. The van der Waals surface area contributed by atoms with Gasteiger partial charge in [-0.2, -0.15) is 0 Å². The summed E-state index contributed by atoms with van der Waals surface area (Å²) in [5.41, 5.74) is 2.28. The van der Waals surface area contributed by atoms with Crippen LogP contribution in [-0.2, 0) is 6.42 Å². The zero-order valence-corrected chi connectivity index (χ0v) is 12.8. The second kappa shape index (κ2) is 9.16. The molecule has 0 unspecified atom stereocenters. The number of unbranched alkanes of at least 4 members (excludes halogenated alkanes) is 2. The molecule has 1 aromatic carbocycles. The molecule has 0 aliphatic heterocycles. The normalized spacial score (nSPS) is 10.8. The molecule has 0 saturated carbocycles. The van der Waals surface area contributed by atoms with Crippen molar-refractivity contribution >= 4 is 0 Å². The quantitative estimate of drug-likeness (QED) is 0.712. The Balaban J connectivity index is 0.00000137. The molecule has 104 valence electrons. The summed E-state index contributed by atoms with van der Waals surface area (Å²) in [6, 6.07) is 8.72. The minimum Gasteiger partial charge on any atom is -0.390 e. The molecule has 0 fully saturated rings.